The molecule has 0 bridgehead atoms. The minimum Gasteiger partial charge on any atom is -0.391 e. The summed E-state index contributed by atoms with van der Waals surface area (Å²) in [6, 6.07) is 4.70. The van der Waals surface area contributed by atoms with Gasteiger partial charge in [-0.15, -0.1) is 0 Å². The van der Waals surface area contributed by atoms with Crippen LogP contribution in [0.4, 0.5) is 0 Å². The smallest absolute Gasteiger partial charge is 0.0705 e. The second kappa shape index (κ2) is 4.29. The van der Waals surface area contributed by atoms with Gasteiger partial charge in [-0.05, 0) is 18.6 Å². The van der Waals surface area contributed by atoms with Gasteiger partial charge in [-0.1, -0.05) is 35.3 Å². The van der Waals surface area contributed by atoms with E-state index >= 15 is 0 Å². The minimum atomic E-state index is -0.643. The average Bonchev–Trinajstić information content (AvgIpc) is 2.08. The van der Waals surface area contributed by atoms with Crippen LogP contribution in [-0.4, -0.2) is 11.2 Å². The molecule has 0 spiro atoms. The van der Waals surface area contributed by atoms with Gasteiger partial charge in [0.25, 0.3) is 0 Å². The predicted octanol–water partition coefficient (Wildman–Crippen LogP) is 2.37. The molecule has 0 unspecified atom stereocenters. The SMILES string of the molecule is C[C@@H](O)[C@H](N)c1cccc(Cl)c1Cl. The molecule has 0 heterocycles. The molecule has 0 saturated carbocycles. The van der Waals surface area contributed by atoms with Crippen molar-refractivity contribution in [1.82, 2.24) is 0 Å². The third kappa shape index (κ3) is 2.35. The maximum Gasteiger partial charge on any atom is 0.0705 e. The first kappa shape index (κ1) is 10.8. The van der Waals surface area contributed by atoms with Gasteiger partial charge in [0.1, 0.15) is 0 Å². The number of hydrogen-bond acceptors (Lipinski definition) is 2. The van der Waals surface area contributed by atoms with Crippen molar-refractivity contribution in [3.8, 4) is 0 Å². The molecule has 4 heteroatoms. The van der Waals surface area contributed by atoms with Crippen molar-refractivity contribution >= 4 is 23.2 Å². The Morgan fingerprint density at radius 2 is 2.00 bits per heavy atom. The summed E-state index contributed by atoms with van der Waals surface area (Å²) in [5, 5.41) is 10.1. The molecule has 0 aliphatic heterocycles. The van der Waals surface area contributed by atoms with Gasteiger partial charge in [0, 0.05) is 0 Å². The van der Waals surface area contributed by atoms with Crippen LogP contribution in [0.3, 0.4) is 0 Å². The van der Waals surface area contributed by atoms with Crippen molar-refractivity contribution in [2.45, 2.75) is 19.1 Å². The van der Waals surface area contributed by atoms with Gasteiger partial charge < -0.3 is 10.8 Å². The molecule has 13 heavy (non-hydrogen) atoms. The Hall–Kier alpha value is -0.280. The van der Waals surface area contributed by atoms with Gasteiger partial charge in [0.2, 0.25) is 0 Å². The van der Waals surface area contributed by atoms with E-state index in [1.807, 2.05) is 0 Å². The van der Waals surface area contributed by atoms with E-state index in [-0.39, 0.29) is 0 Å². The van der Waals surface area contributed by atoms with Crippen LogP contribution in [-0.2, 0) is 0 Å². The quantitative estimate of drug-likeness (QED) is 0.803. The van der Waals surface area contributed by atoms with Crippen LogP contribution in [0.5, 0.6) is 0 Å². The Kier molecular flexibility index (Phi) is 3.56. The van der Waals surface area contributed by atoms with Crippen LogP contribution in [0.25, 0.3) is 0 Å². The second-order valence-electron chi connectivity index (χ2n) is 2.91. The summed E-state index contributed by atoms with van der Waals surface area (Å²) in [5.74, 6) is 0. The lowest BCUT2D eigenvalue weighted by molar-refractivity contribution is 0.164. The normalized spacial score (nSPS) is 15.5. The molecule has 1 rings (SSSR count). The lowest BCUT2D eigenvalue weighted by Gasteiger charge is -2.16. The number of hydrogen-bond donors (Lipinski definition) is 2. The van der Waals surface area contributed by atoms with E-state index < -0.39 is 12.1 Å². The maximum atomic E-state index is 9.26. The van der Waals surface area contributed by atoms with Crippen LogP contribution in [0.2, 0.25) is 10.0 Å². The standard InChI is InChI=1S/C9H11Cl2NO/c1-5(13)9(12)6-3-2-4-7(10)8(6)11/h2-5,9,13H,12H2,1H3/t5-,9+/m1/s1. The van der Waals surface area contributed by atoms with Crippen molar-refractivity contribution < 1.29 is 5.11 Å². The van der Waals surface area contributed by atoms with E-state index in [1.54, 1.807) is 25.1 Å². The Morgan fingerprint density at radius 1 is 1.38 bits per heavy atom. The van der Waals surface area contributed by atoms with Crippen LogP contribution >= 0.6 is 23.2 Å². The van der Waals surface area contributed by atoms with Crippen molar-refractivity contribution in [2.75, 3.05) is 0 Å². The van der Waals surface area contributed by atoms with Gasteiger partial charge in [-0.3, -0.25) is 0 Å². The molecule has 72 valence electrons. The fourth-order valence-corrected chi connectivity index (χ4v) is 1.47. The van der Waals surface area contributed by atoms with Gasteiger partial charge >= 0.3 is 0 Å². The maximum absolute atomic E-state index is 9.26. The Bertz CT molecular complexity index is 302. The number of rotatable bonds is 2. The highest BCUT2D eigenvalue weighted by Crippen LogP contribution is 2.29. The van der Waals surface area contributed by atoms with Gasteiger partial charge in [0.05, 0.1) is 22.2 Å². The summed E-state index contributed by atoms with van der Waals surface area (Å²) >= 11 is 11.7. The molecule has 0 aliphatic carbocycles. The zero-order valence-corrected chi connectivity index (χ0v) is 8.68. The molecule has 0 aromatic heterocycles. The van der Waals surface area contributed by atoms with Crippen molar-refractivity contribution in [3.63, 3.8) is 0 Å². The van der Waals surface area contributed by atoms with Gasteiger partial charge in [-0.25, -0.2) is 0 Å². The van der Waals surface area contributed by atoms with Gasteiger partial charge in [0.15, 0.2) is 0 Å². The first-order valence-electron chi connectivity index (χ1n) is 3.91. The highest BCUT2D eigenvalue weighted by atomic mass is 35.5. The highest BCUT2D eigenvalue weighted by molar-refractivity contribution is 6.42. The van der Waals surface area contributed by atoms with Crippen LogP contribution in [0.1, 0.15) is 18.5 Å². The van der Waals surface area contributed by atoms with Gasteiger partial charge in [-0.2, -0.15) is 0 Å². The van der Waals surface area contributed by atoms with E-state index in [0.717, 1.165) is 0 Å². The number of benzene rings is 1. The van der Waals surface area contributed by atoms with Crippen LogP contribution in [0, 0.1) is 0 Å². The number of halogens is 2. The van der Waals surface area contributed by atoms with Crippen molar-refractivity contribution in [1.29, 1.82) is 0 Å². The first-order chi connectivity index (χ1) is 6.04. The monoisotopic (exact) mass is 219 g/mol. The summed E-state index contributed by atoms with van der Waals surface area (Å²) in [6.07, 6.45) is -0.643. The minimum absolute atomic E-state index is 0.414. The third-order valence-corrected chi connectivity index (χ3v) is 2.69. The number of aliphatic hydroxyl groups is 1. The van der Waals surface area contributed by atoms with Crippen LogP contribution in [0.15, 0.2) is 18.2 Å². The van der Waals surface area contributed by atoms with Crippen LogP contribution < -0.4 is 5.73 Å². The summed E-state index contributed by atoms with van der Waals surface area (Å²) in [4.78, 5) is 0. The molecule has 1 aromatic rings. The largest absolute Gasteiger partial charge is 0.391 e. The Morgan fingerprint density at radius 3 is 2.54 bits per heavy atom. The molecule has 0 aliphatic rings. The summed E-state index contributed by atoms with van der Waals surface area (Å²) in [6.45, 7) is 1.61. The molecule has 1 aromatic carbocycles. The molecule has 0 saturated heterocycles. The zero-order valence-electron chi connectivity index (χ0n) is 7.17. The number of nitrogens with two attached hydrogens (primary N) is 1. The van der Waals surface area contributed by atoms with Crippen molar-refractivity contribution in [3.05, 3.63) is 33.8 Å². The summed E-state index contributed by atoms with van der Waals surface area (Å²) < 4.78 is 0. The molecular weight excluding hydrogens is 209 g/mol. The Labute approximate surface area is 87.3 Å². The Balaban J connectivity index is 3.07. The first-order valence-corrected chi connectivity index (χ1v) is 4.67. The second-order valence-corrected chi connectivity index (χ2v) is 3.69. The summed E-state index contributed by atoms with van der Waals surface area (Å²) in [7, 11) is 0. The molecular formula is C9H11Cl2NO. The van der Waals surface area contributed by atoms with E-state index in [0.29, 0.717) is 15.6 Å². The summed E-state index contributed by atoms with van der Waals surface area (Å²) in [5.41, 5.74) is 6.38. The molecule has 0 amide bonds. The highest BCUT2D eigenvalue weighted by Gasteiger charge is 2.16. The average molecular weight is 220 g/mol. The topological polar surface area (TPSA) is 46.2 Å². The fourth-order valence-electron chi connectivity index (χ4n) is 1.04. The molecule has 2 nitrogen and oxygen atoms in total. The van der Waals surface area contributed by atoms with E-state index in [4.69, 9.17) is 28.9 Å². The predicted molar refractivity (Wildman–Crippen MR) is 55.1 cm³/mol. The molecule has 0 fully saturated rings. The number of aliphatic hydroxyl groups excluding tert-OH is 1. The lowest BCUT2D eigenvalue weighted by Crippen LogP contribution is -2.23. The van der Waals surface area contributed by atoms with E-state index in [2.05, 4.69) is 0 Å². The fraction of sp³-hybridized carbons (Fsp3) is 0.333. The van der Waals surface area contributed by atoms with E-state index in [9.17, 15) is 5.11 Å². The van der Waals surface area contributed by atoms with E-state index in [1.165, 1.54) is 0 Å². The molecule has 0 radical (unpaired) electrons. The lowest BCUT2D eigenvalue weighted by atomic mass is 10.0. The molecule has 3 N–H and O–H groups in total. The van der Waals surface area contributed by atoms with Crippen molar-refractivity contribution in [2.24, 2.45) is 5.73 Å². The zero-order chi connectivity index (χ0) is 10.0. The third-order valence-electron chi connectivity index (χ3n) is 1.86. The molecule has 2 atom stereocenters.